The molecule has 0 saturated heterocycles. The Morgan fingerprint density at radius 3 is 2.91 bits per heavy atom. The fourth-order valence-electron chi connectivity index (χ4n) is 3.60. The standard InChI is InChI=1S/C17H19ClN2O2/c18-13-6-7-15-16-12(13)10-14(20(16)8-9-22-15)17(21)19-11-4-2-1-3-5-11/h6-7,10-11H,1-5,8-9H2,(H,19,21). The molecule has 1 aliphatic carbocycles. The quantitative estimate of drug-likeness (QED) is 0.916. The van der Waals surface area contributed by atoms with E-state index in [1.54, 1.807) is 0 Å². The van der Waals surface area contributed by atoms with Gasteiger partial charge < -0.3 is 14.6 Å². The van der Waals surface area contributed by atoms with Gasteiger partial charge >= 0.3 is 0 Å². The number of aromatic nitrogens is 1. The SMILES string of the molecule is O=C(NC1CCCCC1)c1cc2c(Cl)ccc3c2n1CCO3. The van der Waals surface area contributed by atoms with Crippen LogP contribution in [0.1, 0.15) is 42.6 Å². The summed E-state index contributed by atoms with van der Waals surface area (Å²) in [5.74, 6) is 0.814. The molecular formula is C17H19ClN2O2. The van der Waals surface area contributed by atoms with Crippen LogP contribution in [0.15, 0.2) is 18.2 Å². The molecular weight excluding hydrogens is 300 g/mol. The summed E-state index contributed by atoms with van der Waals surface area (Å²) in [6, 6.07) is 5.91. The van der Waals surface area contributed by atoms with Gasteiger partial charge in [0.25, 0.3) is 5.91 Å². The fraction of sp³-hybridized carbons (Fsp3) is 0.471. The van der Waals surface area contributed by atoms with Gasteiger partial charge in [0.2, 0.25) is 0 Å². The molecule has 1 aromatic carbocycles. The molecule has 0 radical (unpaired) electrons. The molecule has 0 unspecified atom stereocenters. The number of benzene rings is 1. The fourth-order valence-corrected chi connectivity index (χ4v) is 3.81. The molecule has 1 fully saturated rings. The van der Waals surface area contributed by atoms with Crippen molar-refractivity contribution in [3.63, 3.8) is 0 Å². The predicted molar refractivity (Wildman–Crippen MR) is 86.8 cm³/mol. The summed E-state index contributed by atoms with van der Waals surface area (Å²) >= 11 is 6.29. The highest BCUT2D eigenvalue weighted by molar-refractivity contribution is 6.36. The van der Waals surface area contributed by atoms with Crippen LogP contribution in [0.4, 0.5) is 0 Å². The van der Waals surface area contributed by atoms with Crippen molar-refractivity contribution >= 4 is 28.4 Å². The molecule has 1 saturated carbocycles. The maximum Gasteiger partial charge on any atom is 0.268 e. The number of hydrogen-bond donors (Lipinski definition) is 1. The largest absolute Gasteiger partial charge is 0.490 e. The Balaban J connectivity index is 1.71. The van der Waals surface area contributed by atoms with E-state index in [1.165, 1.54) is 19.3 Å². The number of halogens is 1. The van der Waals surface area contributed by atoms with Gasteiger partial charge in [-0.15, -0.1) is 0 Å². The second-order valence-electron chi connectivity index (χ2n) is 6.15. The van der Waals surface area contributed by atoms with Crippen molar-refractivity contribution in [2.45, 2.75) is 44.7 Å². The number of hydrogen-bond acceptors (Lipinski definition) is 2. The van der Waals surface area contributed by atoms with Gasteiger partial charge in [0.05, 0.1) is 17.1 Å². The van der Waals surface area contributed by atoms with Crippen molar-refractivity contribution in [1.82, 2.24) is 9.88 Å². The minimum absolute atomic E-state index is 0.00650. The molecule has 2 aliphatic rings. The molecule has 0 atom stereocenters. The molecule has 5 heteroatoms. The lowest BCUT2D eigenvalue weighted by molar-refractivity contribution is 0.0917. The Morgan fingerprint density at radius 1 is 1.27 bits per heavy atom. The summed E-state index contributed by atoms with van der Waals surface area (Å²) in [5, 5.41) is 4.75. The van der Waals surface area contributed by atoms with Gasteiger partial charge in [0, 0.05) is 11.4 Å². The third kappa shape index (κ3) is 2.26. The first-order chi connectivity index (χ1) is 10.7. The first-order valence-corrected chi connectivity index (χ1v) is 8.37. The monoisotopic (exact) mass is 318 g/mol. The zero-order valence-corrected chi connectivity index (χ0v) is 13.2. The van der Waals surface area contributed by atoms with E-state index in [9.17, 15) is 4.79 Å². The lowest BCUT2D eigenvalue weighted by Gasteiger charge is -2.24. The summed E-state index contributed by atoms with van der Waals surface area (Å²) in [6.07, 6.45) is 5.86. The molecule has 2 aromatic rings. The van der Waals surface area contributed by atoms with E-state index in [2.05, 4.69) is 5.32 Å². The van der Waals surface area contributed by atoms with Crippen molar-refractivity contribution in [2.24, 2.45) is 0 Å². The number of ether oxygens (including phenoxy) is 1. The number of carbonyl (C=O) groups is 1. The third-order valence-corrected chi connectivity index (χ3v) is 5.04. The molecule has 1 aromatic heterocycles. The summed E-state index contributed by atoms with van der Waals surface area (Å²) in [5.41, 5.74) is 1.63. The summed E-state index contributed by atoms with van der Waals surface area (Å²) in [4.78, 5) is 12.7. The average molecular weight is 319 g/mol. The lowest BCUT2D eigenvalue weighted by Crippen LogP contribution is -2.37. The maximum absolute atomic E-state index is 12.7. The van der Waals surface area contributed by atoms with Crippen LogP contribution in [0.3, 0.4) is 0 Å². The Bertz CT molecular complexity index is 732. The second-order valence-corrected chi connectivity index (χ2v) is 6.55. The summed E-state index contributed by atoms with van der Waals surface area (Å²) in [7, 11) is 0. The third-order valence-electron chi connectivity index (χ3n) is 4.71. The smallest absolute Gasteiger partial charge is 0.268 e. The number of nitrogens with zero attached hydrogens (tertiary/aromatic N) is 1. The highest BCUT2D eigenvalue weighted by Crippen LogP contribution is 2.36. The van der Waals surface area contributed by atoms with E-state index < -0.39 is 0 Å². The zero-order chi connectivity index (χ0) is 15.1. The van der Waals surface area contributed by atoms with E-state index in [1.807, 2.05) is 22.8 Å². The minimum Gasteiger partial charge on any atom is -0.490 e. The van der Waals surface area contributed by atoms with E-state index in [-0.39, 0.29) is 5.91 Å². The Labute approximate surface area is 134 Å². The molecule has 116 valence electrons. The Morgan fingerprint density at radius 2 is 2.09 bits per heavy atom. The van der Waals surface area contributed by atoms with Gasteiger partial charge in [-0.25, -0.2) is 0 Å². The Hall–Kier alpha value is -1.68. The first kappa shape index (κ1) is 13.9. The second kappa shape index (κ2) is 5.51. The topological polar surface area (TPSA) is 43.3 Å². The van der Waals surface area contributed by atoms with Crippen LogP contribution < -0.4 is 10.1 Å². The molecule has 4 nitrogen and oxygen atoms in total. The maximum atomic E-state index is 12.7. The van der Waals surface area contributed by atoms with Crippen molar-refractivity contribution in [1.29, 1.82) is 0 Å². The van der Waals surface area contributed by atoms with Crippen LogP contribution in [-0.4, -0.2) is 23.1 Å². The van der Waals surface area contributed by atoms with Crippen LogP contribution >= 0.6 is 11.6 Å². The van der Waals surface area contributed by atoms with Crippen LogP contribution in [0.2, 0.25) is 5.02 Å². The predicted octanol–water partition coefficient (Wildman–Crippen LogP) is 3.75. The lowest BCUT2D eigenvalue weighted by atomic mass is 9.95. The molecule has 1 aliphatic heterocycles. The van der Waals surface area contributed by atoms with Gasteiger partial charge in [-0.2, -0.15) is 0 Å². The van der Waals surface area contributed by atoms with Crippen LogP contribution in [-0.2, 0) is 6.54 Å². The summed E-state index contributed by atoms with van der Waals surface area (Å²) in [6.45, 7) is 1.27. The van der Waals surface area contributed by atoms with Crippen molar-refractivity contribution in [3.8, 4) is 5.75 Å². The summed E-state index contributed by atoms with van der Waals surface area (Å²) < 4.78 is 7.72. The highest BCUT2D eigenvalue weighted by atomic mass is 35.5. The number of amides is 1. The van der Waals surface area contributed by atoms with Crippen LogP contribution in [0.25, 0.3) is 10.9 Å². The van der Waals surface area contributed by atoms with Gasteiger partial charge in [-0.1, -0.05) is 30.9 Å². The molecule has 0 bridgehead atoms. The van der Waals surface area contributed by atoms with E-state index in [4.69, 9.17) is 16.3 Å². The molecule has 22 heavy (non-hydrogen) atoms. The molecule has 2 heterocycles. The van der Waals surface area contributed by atoms with E-state index in [0.717, 1.165) is 29.5 Å². The Kier molecular flexibility index (Phi) is 3.49. The van der Waals surface area contributed by atoms with E-state index >= 15 is 0 Å². The van der Waals surface area contributed by atoms with E-state index in [0.29, 0.717) is 29.9 Å². The first-order valence-electron chi connectivity index (χ1n) is 7.99. The zero-order valence-electron chi connectivity index (χ0n) is 12.4. The van der Waals surface area contributed by atoms with Crippen molar-refractivity contribution < 1.29 is 9.53 Å². The van der Waals surface area contributed by atoms with Gasteiger partial charge in [0.1, 0.15) is 18.1 Å². The van der Waals surface area contributed by atoms with Gasteiger partial charge in [0.15, 0.2) is 0 Å². The van der Waals surface area contributed by atoms with Gasteiger partial charge in [-0.3, -0.25) is 4.79 Å². The number of carbonyl (C=O) groups excluding carboxylic acids is 1. The van der Waals surface area contributed by atoms with Crippen LogP contribution in [0.5, 0.6) is 5.75 Å². The molecule has 0 spiro atoms. The number of rotatable bonds is 2. The number of nitrogens with one attached hydrogen (secondary N) is 1. The van der Waals surface area contributed by atoms with Crippen molar-refractivity contribution in [3.05, 3.63) is 28.9 Å². The highest BCUT2D eigenvalue weighted by Gasteiger charge is 2.24. The molecule has 1 amide bonds. The van der Waals surface area contributed by atoms with Crippen molar-refractivity contribution in [2.75, 3.05) is 6.61 Å². The average Bonchev–Trinajstić information content (AvgIpc) is 2.94. The normalized spacial score (nSPS) is 18.2. The minimum atomic E-state index is 0.00650. The van der Waals surface area contributed by atoms with Gasteiger partial charge in [-0.05, 0) is 31.0 Å². The molecule has 4 rings (SSSR count). The van der Waals surface area contributed by atoms with Crippen LogP contribution in [0, 0.1) is 0 Å². The molecule has 1 N–H and O–H groups in total.